The predicted octanol–water partition coefficient (Wildman–Crippen LogP) is 2.75. The normalized spacial score (nSPS) is 14.2. The number of nitrogens with zero attached hydrogens (tertiary/aromatic N) is 1. The summed E-state index contributed by atoms with van der Waals surface area (Å²) >= 11 is 0. The Kier molecular flexibility index (Phi) is 5.68. The highest BCUT2D eigenvalue weighted by molar-refractivity contribution is 6.02. The number of nitrogens with one attached hydrogen (secondary N) is 1. The van der Waals surface area contributed by atoms with E-state index in [9.17, 15) is 9.59 Å². The average Bonchev–Trinajstić information content (AvgIpc) is 2.68. The number of ketones is 1. The molecule has 0 aliphatic carbocycles. The molecule has 1 aliphatic heterocycles. The Balaban J connectivity index is 1.57. The molecule has 1 amide bonds. The highest BCUT2D eigenvalue weighted by Crippen LogP contribution is 2.17. The van der Waals surface area contributed by atoms with Gasteiger partial charge in [0.25, 0.3) is 5.91 Å². The van der Waals surface area contributed by atoms with Crippen molar-refractivity contribution >= 4 is 17.4 Å². The molecule has 1 N–H and O–H groups in total. The van der Waals surface area contributed by atoms with Gasteiger partial charge in [0, 0.05) is 29.9 Å². The monoisotopic (exact) mass is 352 g/mol. The number of ether oxygens (including phenoxy) is 1. The third-order valence-corrected chi connectivity index (χ3v) is 4.74. The molecule has 0 radical (unpaired) electrons. The van der Waals surface area contributed by atoms with Crippen LogP contribution in [-0.4, -0.2) is 44.5 Å². The van der Waals surface area contributed by atoms with E-state index in [1.807, 2.05) is 50.2 Å². The number of morpholine rings is 1. The SMILES string of the molecule is Cc1ccc(C(=O)NCC(=O)c2ccc(N3CCOCC3)cc2)cc1C. The van der Waals surface area contributed by atoms with Crippen LogP contribution in [0.1, 0.15) is 31.8 Å². The van der Waals surface area contributed by atoms with Crippen molar-refractivity contribution in [3.05, 3.63) is 64.7 Å². The summed E-state index contributed by atoms with van der Waals surface area (Å²) in [5, 5.41) is 2.71. The summed E-state index contributed by atoms with van der Waals surface area (Å²) in [7, 11) is 0. The van der Waals surface area contributed by atoms with E-state index in [1.54, 1.807) is 6.07 Å². The van der Waals surface area contributed by atoms with Gasteiger partial charge >= 0.3 is 0 Å². The van der Waals surface area contributed by atoms with Crippen LogP contribution in [0, 0.1) is 13.8 Å². The third kappa shape index (κ3) is 4.29. The summed E-state index contributed by atoms with van der Waals surface area (Å²) in [6.45, 7) is 7.13. The van der Waals surface area contributed by atoms with Crippen LogP contribution in [0.3, 0.4) is 0 Å². The molecule has 26 heavy (non-hydrogen) atoms. The Bertz CT molecular complexity index is 793. The first-order chi connectivity index (χ1) is 12.5. The lowest BCUT2D eigenvalue weighted by Crippen LogP contribution is -2.36. The van der Waals surface area contributed by atoms with Gasteiger partial charge in [-0.25, -0.2) is 0 Å². The van der Waals surface area contributed by atoms with Crippen molar-refractivity contribution in [2.24, 2.45) is 0 Å². The molecular weight excluding hydrogens is 328 g/mol. The van der Waals surface area contributed by atoms with Gasteiger partial charge < -0.3 is 15.0 Å². The maximum Gasteiger partial charge on any atom is 0.251 e. The van der Waals surface area contributed by atoms with Gasteiger partial charge in [-0.05, 0) is 61.4 Å². The zero-order valence-corrected chi connectivity index (χ0v) is 15.2. The third-order valence-electron chi connectivity index (χ3n) is 4.74. The molecule has 5 heteroatoms. The van der Waals surface area contributed by atoms with E-state index in [4.69, 9.17) is 4.74 Å². The zero-order valence-electron chi connectivity index (χ0n) is 15.2. The highest BCUT2D eigenvalue weighted by Gasteiger charge is 2.13. The van der Waals surface area contributed by atoms with Gasteiger partial charge in [-0.15, -0.1) is 0 Å². The lowest BCUT2D eigenvalue weighted by molar-refractivity contribution is 0.0904. The average molecular weight is 352 g/mol. The topological polar surface area (TPSA) is 58.6 Å². The maximum atomic E-state index is 12.3. The van der Waals surface area contributed by atoms with Crippen LogP contribution in [0.15, 0.2) is 42.5 Å². The molecule has 0 saturated carbocycles. The van der Waals surface area contributed by atoms with Gasteiger partial charge in [-0.1, -0.05) is 6.07 Å². The summed E-state index contributed by atoms with van der Waals surface area (Å²) in [6, 6.07) is 13.1. The molecule has 2 aromatic rings. The Morgan fingerprint density at radius 1 is 0.962 bits per heavy atom. The number of hydrogen-bond donors (Lipinski definition) is 1. The lowest BCUT2D eigenvalue weighted by Gasteiger charge is -2.28. The van der Waals surface area contributed by atoms with E-state index >= 15 is 0 Å². The van der Waals surface area contributed by atoms with Crippen molar-refractivity contribution < 1.29 is 14.3 Å². The van der Waals surface area contributed by atoms with Crippen molar-refractivity contribution in [3.8, 4) is 0 Å². The van der Waals surface area contributed by atoms with Crippen LogP contribution in [0.5, 0.6) is 0 Å². The van der Waals surface area contributed by atoms with Crippen molar-refractivity contribution in [1.29, 1.82) is 0 Å². The zero-order chi connectivity index (χ0) is 18.5. The molecule has 0 atom stereocenters. The Morgan fingerprint density at radius 3 is 2.27 bits per heavy atom. The number of carbonyl (C=O) groups is 2. The summed E-state index contributed by atoms with van der Waals surface area (Å²) in [5.41, 5.74) is 4.45. The van der Waals surface area contributed by atoms with Crippen LogP contribution in [0.4, 0.5) is 5.69 Å². The molecule has 5 nitrogen and oxygen atoms in total. The quantitative estimate of drug-likeness (QED) is 0.841. The molecule has 1 saturated heterocycles. The number of amides is 1. The lowest BCUT2D eigenvalue weighted by atomic mass is 10.1. The molecule has 2 aromatic carbocycles. The van der Waals surface area contributed by atoms with Gasteiger partial charge in [-0.2, -0.15) is 0 Å². The Morgan fingerprint density at radius 2 is 1.62 bits per heavy atom. The number of benzene rings is 2. The van der Waals surface area contributed by atoms with E-state index in [1.165, 1.54) is 0 Å². The number of aryl methyl sites for hydroxylation is 2. The molecule has 1 fully saturated rings. The van der Waals surface area contributed by atoms with E-state index in [0.717, 1.165) is 43.1 Å². The minimum Gasteiger partial charge on any atom is -0.378 e. The van der Waals surface area contributed by atoms with Crippen LogP contribution < -0.4 is 10.2 Å². The maximum absolute atomic E-state index is 12.3. The molecular formula is C21H24N2O3. The first-order valence-corrected chi connectivity index (χ1v) is 8.86. The Hall–Kier alpha value is -2.66. The second kappa shape index (κ2) is 8.15. The van der Waals surface area contributed by atoms with Crippen LogP contribution in [-0.2, 0) is 4.74 Å². The molecule has 3 rings (SSSR count). The summed E-state index contributed by atoms with van der Waals surface area (Å²) in [5.74, 6) is -0.331. The first-order valence-electron chi connectivity index (χ1n) is 8.86. The minimum atomic E-state index is -0.230. The number of Topliss-reactive ketones (excluding diaryl/α,β-unsaturated/α-hetero) is 1. The van der Waals surface area contributed by atoms with E-state index in [2.05, 4.69) is 10.2 Å². The summed E-state index contributed by atoms with van der Waals surface area (Å²) in [6.07, 6.45) is 0. The van der Waals surface area contributed by atoms with E-state index < -0.39 is 0 Å². The first kappa shape index (κ1) is 18.1. The van der Waals surface area contributed by atoms with Crippen LogP contribution in [0.2, 0.25) is 0 Å². The second-order valence-corrected chi connectivity index (χ2v) is 6.55. The van der Waals surface area contributed by atoms with Crippen molar-refractivity contribution in [3.63, 3.8) is 0 Å². The standard InChI is InChI=1S/C21H24N2O3/c1-15-3-4-18(13-16(15)2)21(25)22-14-20(24)17-5-7-19(8-6-17)23-9-11-26-12-10-23/h3-8,13H,9-12,14H2,1-2H3,(H,22,25). The van der Waals surface area contributed by atoms with Gasteiger partial charge in [-0.3, -0.25) is 9.59 Å². The van der Waals surface area contributed by atoms with Gasteiger partial charge in [0.1, 0.15) is 0 Å². The second-order valence-electron chi connectivity index (χ2n) is 6.55. The molecule has 1 heterocycles. The van der Waals surface area contributed by atoms with Gasteiger partial charge in [0.15, 0.2) is 5.78 Å². The number of rotatable bonds is 5. The molecule has 136 valence electrons. The fourth-order valence-corrected chi connectivity index (χ4v) is 2.93. The smallest absolute Gasteiger partial charge is 0.251 e. The van der Waals surface area contributed by atoms with Gasteiger partial charge in [0.05, 0.1) is 19.8 Å². The van der Waals surface area contributed by atoms with Crippen LogP contribution >= 0.6 is 0 Å². The number of hydrogen-bond acceptors (Lipinski definition) is 4. The minimum absolute atomic E-state index is 0.0113. The summed E-state index contributed by atoms with van der Waals surface area (Å²) in [4.78, 5) is 26.8. The summed E-state index contributed by atoms with van der Waals surface area (Å²) < 4.78 is 5.35. The molecule has 0 unspecified atom stereocenters. The fraction of sp³-hybridized carbons (Fsp3) is 0.333. The fourth-order valence-electron chi connectivity index (χ4n) is 2.93. The Labute approximate surface area is 154 Å². The number of anilines is 1. The predicted molar refractivity (Wildman–Crippen MR) is 102 cm³/mol. The largest absolute Gasteiger partial charge is 0.378 e. The van der Waals surface area contributed by atoms with E-state index in [0.29, 0.717) is 11.1 Å². The highest BCUT2D eigenvalue weighted by atomic mass is 16.5. The van der Waals surface area contributed by atoms with Crippen molar-refractivity contribution in [2.45, 2.75) is 13.8 Å². The molecule has 0 bridgehead atoms. The van der Waals surface area contributed by atoms with Gasteiger partial charge in [0.2, 0.25) is 0 Å². The molecule has 1 aliphatic rings. The molecule has 0 spiro atoms. The van der Waals surface area contributed by atoms with E-state index in [-0.39, 0.29) is 18.2 Å². The van der Waals surface area contributed by atoms with Crippen molar-refractivity contribution in [1.82, 2.24) is 5.32 Å². The van der Waals surface area contributed by atoms with Crippen molar-refractivity contribution in [2.75, 3.05) is 37.7 Å². The molecule has 0 aromatic heterocycles. The number of carbonyl (C=O) groups excluding carboxylic acids is 2. The van der Waals surface area contributed by atoms with Crippen LogP contribution in [0.25, 0.3) is 0 Å².